The normalized spacial score (nSPS) is 12.3. The van der Waals surface area contributed by atoms with Crippen molar-refractivity contribution in [3.8, 4) is 0 Å². The molecule has 1 aromatic rings. The van der Waals surface area contributed by atoms with Gasteiger partial charge in [-0.15, -0.1) is 10.2 Å². The van der Waals surface area contributed by atoms with Gasteiger partial charge in [0.1, 0.15) is 5.82 Å². The molecule has 0 radical (unpaired) electrons. The summed E-state index contributed by atoms with van der Waals surface area (Å²) >= 11 is 0. The molecule has 1 unspecified atom stereocenters. The van der Waals surface area contributed by atoms with Crippen molar-refractivity contribution >= 4 is 11.7 Å². The fourth-order valence-corrected chi connectivity index (χ4v) is 2.01. The lowest BCUT2D eigenvalue weighted by molar-refractivity contribution is 0.0721. The highest BCUT2D eigenvalue weighted by atomic mass is 16.2. The fourth-order valence-electron chi connectivity index (χ4n) is 2.01. The highest BCUT2D eigenvalue weighted by Gasteiger charge is 2.19. The number of nitrogens with zero attached hydrogens (tertiary/aromatic N) is 3. The average Bonchev–Trinajstić information content (AvgIpc) is 2.43. The van der Waals surface area contributed by atoms with Crippen molar-refractivity contribution < 1.29 is 4.79 Å². The Kier molecular flexibility index (Phi) is 6.42. The Morgan fingerprint density at radius 1 is 1.30 bits per heavy atom. The Balaban J connectivity index is 2.66. The third-order valence-corrected chi connectivity index (χ3v) is 3.23. The van der Waals surface area contributed by atoms with Gasteiger partial charge >= 0.3 is 0 Å². The fraction of sp³-hybridized carbons (Fsp3) is 0.667. The summed E-state index contributed by atoms with van der Waals surface area (Å²) in [5, 5.41) is 11.2. The Morgan fingerprint density at radius 2 is 2.00 bits per heavy atom. The maximum Gasteiger partial charge on any atom is 0.274 e. The van der Waals surface area contributed by atoms with Crippen LogP contribution in [-0.2, 0) is 0 Å². The summed E-state index contributed by atoms with van der Waals surface area (Å²) in [4.78, 5) is 14.0. The first-order chi connectivity index (χ1) is 9.45. The molecule has 0 spiro atoms. The summed E-state index contributed by atoms with van der Waals surface area (Å²) in [6, 6.07) is 3.73. The van der Waals surface area contributed by atoms with Gasteiger partial charge in [-0.2, -0.15) is 0 Å². The van der Waals surface area contributed by atoms with Crippen LogP contribution in [0.5, 0.6) is 0 Å². The first-order valence-electron chi connectivity index (χ1n) is 7.30. The molecule has 20 heavy (non-hydrogen) atoms. The van der Waals surface area contributed by atoms with E-state index >= 15 is 0 Å². The molecule has 1 N–H and O–H groups in total. The van der Waals surface area contributed by atoms with Crippen LogP contribution in [0.2, 0.25) is 0 Å². The molecule has 1 aromatic heterocycles. The maximum absolute atomic E-state index is 12.3. The molecule has 1 heterocycles. The molecule has 0 aliphatic rings. The summed E-state index contributed by atoms with van der Waals surface area (Å²) in [6.07, 6.45) is 2.00. The van der Waals surface area contributed by atoms with Crippen LogP contribution >= 0.6 is 0 Å². The van der Waals surface area contributed by atoms with Gasteiger partial charge in [-0.25, -0.2) is 0 Å². The number of rotatable bonds is 7. The van der Waals surface area contributed by atoms with Crippen molar-refractivity contribution in [3.63, 3.8) is 0 Å². The van der Waals surface area contributed by atoms with Gasteiger partial charge in [0.2, 0.25) is 0 Å². The summed E-state index contributed by atoms with van der Waals surface area (Å²) < 4.78 is 0. The number of hydrogen-bond donors (Lipinski definition) is 1. The van der Waals surface area contributed by atoms with Gasteiger partial charge in [0.25, 0.3) is 5.91 Å². The van der Waals surface area contributed by atoms with Gasteiger partial charge in [0.05, 0.1) is 0 Å². The predicted octanol–water partition coefficient (Wildman–Crippen LogP) is 2.81. The zero-order chi connectivity index (χ0) is 15.1. The van der Waals surface area contributed by atoms with Crippen LogP contribution in [-0.4, -0.2) is 40.6 Å². The molecule has 0 aliphatic carbocycles. The minimum absolute atomic E-state index is 0.0762. The van der Waals surface area contributed by atoms with Crippen molar-refractivity contribution in [3.05, 3.63) is 17.8 Å². The number of carbonyl (C=O) groups is 1. The molecule has 1 atom stereocenters. The monoisotopic (exact) mass is 278 g/mol. The summed E-state index contributed by atoms with van der Waals surface area (Å²) in [6.45, 7) is 9.31. The summed E-state index contributed by atoms with van der Waals surface area (Å²) in [5.41, 5.74) is 0.394. The zero-order valence-electron chi connectivity index (χ0n) is 13.2. The maximum atomic E-state index is 12.3. The Bertz CT molecular complexity index is 416. The molecule has 0 fully saturated rings. The van der Waals surface area contributed by atoms with E-state index in [4.69, 9.17) is 0 Å². The Morgan fingerprint density at radius 3 is 2.50 bits per heavy atom. The molecule has 0 aromatic carbocycles. The summed E-state index contributed by atoms with van der Waals surface area (Å²) in [5.74, 6) is 1.20. The largest absolute Gasteiger partial charge is 0.369 e. The minimum atomic E-state index is -0.0762. The lowest BCUT2D eigenvalue weighted by Gasteiger charge is -2.25. The van der Waals surface area contributed by atoms with E-state index < -0.39 is 0 Å². The third kappa shape index (κ3) is 4.79. The second-order valence-corrected chi connectivity index (χ2v) is 5.63. The quantitative estimate of drug-likeness (QED) is 0.833. The number of nitrogens with one attached hydrogen (secondary N) is 1. The smallest absolute Gasteiger partial charge is 0.274 e. The number of anilines is 1. The average molecular weight is 278 g/mol. The van der Waals surface area contributed by atoms with Gasteiger partial charge < -0.3 is 10.2 Å². The molecule has 5 nitrogen and oxygen atoms in total. The lowest BCUT2D eigenvalue weighted by Crippen LogP contribution is -2.36. The molecule has 1 rings (SSSR count). The molecule has 112 valence electrons. The van der Waals surface area contributed by atoms with E-state index in [0.717, 1.165) is 19.4 Å². The van der Waals surface area contributed by atoms with E-state index in [9.17, 15) is 4.79 Å². The van der Waals surface area contributed by atoms with E-state index in [1.54, 1.807) is 17.0 Å². The predicted molar refractivity (Wildman–Crippen MR) is 81.8 cm³/mol. The van der Waals surface area contributed by atoms with Crippen molar-refractivity contribution in [2.24, 2.45) is 5.92 Å². The number of carbonyl (C=O) groups excluding carboxylic acids is 1. The van der Waals surface area contributed by atoms with Crippen LogP contribution in [0.4, 0.5) is 5.82 Å². The molecular weight excluding hydrogens is 252 g/mol. The van der Waals surface area contributed by atoms with E-state index in [2.05, 4.69) is 43.2 Å². The Hall–Kier alpha value is -1.65. The van der Waals surface area contributed by atoms with Crippen LogP contribution in [0, 0.1) is 5.92 Å². The molecule has 5 heteroatoms. The summed E-state index contributed by atoms with van der Waals surface area (Å²) in [7, 11) is 1.82. The van der Waals surface area contributed by atoms with E-state index in [-0.39, 0.29) is 11.9 Å². The van der Waals surface area contributed by atoms with Crippen LogP contribution in [0.3, 0.4) is 0 Å². The highest BCUT2D eigenvalue weighted by molar-refractivity contribution is 5.92. The number of amides is 1. The zero-order valence-corrected chi connectivity index (χ0v) is 13.2. The van der Waals surface area contributed by atoms with Crippen LogP contribution in [0.15, 0.2) is 12.1 Å². The second-order valence-electron chi connectivity index (χ2n) is 5.63. The first kappa shape index (κ1) is 16.4. The molecule has 0 bridgehead atoms. The Labute approximate surface area is 121 Å². The second kappa shape index (κ2) is 7.82. The van der Waals surface area contributed by atoms with Gasteiger partial charge in [-0.05, 0) is 37.8 Å². The standard InChI is InChI=1S/C15H26N4O/c1-6-9-16-14-8-7-13(17-18-14)15(20)19(5)12(4)10-11(2)3/h7-8,11-12H,6,9-10H2,1-5H3,(H,16,18). The van der Waals surface area contributed by atoms with Crippen LogP contribution in [0.1, 0.15) is 51.0 Å². The number of aromatic nitrogens is 2. The first-order valence-corrected chi connectivity index (χ1v) is 7.30. The van der Waals surface area contributed by atoms with Crippen molar-refractivity contribution in [1.82, 2.24) is 15.1 Å². The van der Waals surface area contributed by atoms with Gasteiger partial charge in [-0.3, -0.25) is 4.79 Å². The topological polar surface area (TPSA) is 58.1 Å². The lowest BCUT2D eigenvalue weighted by atomic mass is 10.0. The van der Waals surface area contributed by atoms with Crippen LogP contribution in [0.25, 0.3) is 0 Å². The highest BCUT2D eigenvalue weighted by Crippen LogP contribution is 2.12. The van der Waals surface area contributed by atoms with E-state index in [0.29, 0.717) is 17.4 Å². The van der Waals surface area contributed by atoms with Crippen molar-refractivity contribution in [2.75, 3.05) is 18.9 Å². The van der Waals surface area contributed by atoms with Gasteiger partial charge in [0, 0.05) is 19.6 Å². The third-order valence-electron chi connectivity index (χ3n) is 3.23. The minimum Gasteiger partial charge on any atom is -0.369 e. The van der Waals surface area contributed by atoms with Crippen LogP contribution < -0.4 is 5.32 Å². The molecule has 0 saturated heterocycles. The molecule has 0 aliphatic heterocycles. The van der Waals surface area contributed by atoms with Gasteiger partial charge in [-0.1, -0.05) is 20.8 Å². The van der Waals surface area contributed by atoms with E-state index in [1.807, 2.05) is 7.05 Å². The molecular formula is C15H26N4O. The van der Waals surface area contributed by atoms with Crippen molar-refractivity contribution in [1.29, 1.82) is 0 Å². The molecule has 1 amide bonds. The van der Waals surface area contributed by atoms with Crippen molar-refractivity contribution in [2.45, 2.75) is 46.6 Å². The SMILES string of the molecule is CCCNc1ccc(C(=O)N(C)C(C)CC(C)C)nn1. The van der Waals surface area contributed by atoms with Gasteiger partial charge in [0.15, 0.2) is 5.69 Å². The molecule has 0 saturated carbocycles. The number of hydrogen-bond acceptors (Lipinski definition) is 4. The van der Waals surface area contributed by atoms with E-state index in [1.165, 1.54) is 0 Å².